The molecule has 0 saturated carbocycles. The number of nitriles is 1. The first-order valence-electron chi connectivity index (χ1n) is 9.29. The van der Waals surface area contributed by atoms with Gasteiger partial charge in [0.05, 0.1) is 5.92 Å². The number of para-hydroxylation sites is 1. The summed E-state index contributed by atoms with van der Waals surface area (Å²) < 4.78 is 11.3. The van der Waals surface area contributed by atoms with Crippen molar-refractivity contribution in [1.82, 2.24) is 0 Å². The van der Waals surface area contributed by atoms with E-state index in [0.717, 1.165) is 5.56 Å². The van der Waals surface area contributed by atoms with Crippen LogP contribution in [-0.4, -0.2) is 5.97 Å². The van der Waals surface area contributed by atoms with Crippen LogP contribution in [0.15, 0.2) is 78.9 Å². The van der Waals surface area contributed by atoms with Gasteiger partial charge in [-0.1, -0.05) is 61.0 Å². The minimum atomic E-state index is -1.02. The molecule has 0 N–H and O–H groups in total. The summed E-state index contributed by atoms with van der Waals surface area (Å²) in [7, 11) is 0. The zero-order valence-electron chi connectivity index (χ0n) is 15.9. The van der Waals surface area contributed by atoms with E-state index in [1.807, 2.05) is 37.3 Å². The molecule has 0 spiro atoms. The predicted octanol–water partition coefficient (Wildman–Crippen LogP) is 6.43. The van der Waals surface area contributed by atoms with Crippen molar-refractivity contribution in [3.63, 3.8) is 0 Å². The molecule has 0 radical (unpaired) electrons. The Morgan fingerprint density at radius 2 is 1.66 bits per heavy atom. The SMILES string of the molecule is CCC(C(=O)OC(C#N)c1cccc(Oc2ccccc2)c1)c1ccc(Cl)cc1. The van der Waals surface area contributed by atoms with Gasteiger partial charge in [-0.2, -0.15) is 5.26 Å². The molecule has 0 aromatic heterocycles. The van der Waals surface area contributed by atoms with Crippen molar-refractivity contribution in [2.45, 2.75) is 25.4 Å². The molecule has 2 unspecified atom stereocenters. The number of hydrogen-bond acceptors (Lipinski definition) is 4. The van der Waals surface area contributed by atoms with Gasteiger partial charge in [0.1, 0.15) is 17.6 Å². The lowest BCUT2D eigenvalue weighted by Crippen LogP contribution is -2.18. The molecule has 0 amide bonds. The summed E-state index contributed by atoms with van der Waals surface area (Å²) >= 11 is 5.93. The zero-order chi connectivity index (χ0) is 20.6. The van der Waals surface area contributed by atoms with Gasteiger partial charge in [0, 0.05) is 10.6 Å². The second kappa shape index (κ2) is 9.77. The van der Waals surface area contributed by atoms with E-state index in [2.05, 4.69) is 6.07 Å². The fraction of sp³-hybridized carbons (Fsp3) is 0.167. The molecule has 0 aliphatic rings. The smallest absolute Gasteiger partial charge is 0.315 e. The highest BCUT2D eigenvalue weighted by molar-refractivity contribution is 6.30. The summed E-state index contributed by atoms with van der Waals surface area (Å²) in [4.78, 5) is 12.7. The normalized spacial score (nSPS) is 12.4. The molecule has 146 valence electrons. The van der Waals surface area contributed by atoms with Gasteiger partial charge in [0.25, 0.3) is 0 Å². The van der Waals surface area contributed by atoms with Gasteiger partial charge in [-0.15, -0.1) is 0 Å². The number of carbonyl (C=O) groups excluding carboxylic acids is 1. The van der Waals surface area contributed by atoms with Crippen LogP contribution in [-0.2, 0) is 9.53 Å². The number of rotatable bonds is 7. The zero-order valence-corrected chi connectivity index (χ0v) is 16.7. The Balaban J connectivity index is 1.75. The Bertz CT molecular complexity index is 997. The van der Waals surface area contributed by atoms with Crippen molar-refractivity contribution in [2.24, 2.45) is 0 Å². The molecule has 4 nitrogen and oxygen atoms in total. The molecule has 0 bridgehead atoms. The molecular weight excluding hydrogens is 386 g/mol. The monoisotopic (exact) mass is 405 g/mol. The second-order valence-electron chi connectivity index (χ2n) is 6.45. The molecule has 0 aliphatic heterocycles. The van der Waals surface area contributed by atoms with Crippen molar-refractivity contribution < 1.29 is 14.3 Å². The van der Waals surface area contributed by atoms with Crippen molar-refractivity contribution in [1.29, 1.82) is 5.26 Å². The van der Waals surface area contributed by atoms with E-state index in [1.165, 1.54) is 0 Å². The molecule has 0 fully saturated rings. The van der Waals surface area contributed by atoms with E-state index in [1.54, 1.807) is 48.5 Å². The third kappa shape index (κ3) is 5.37. The third-order valence-electron chi connectivity index (χ3n) is 4.46. The number of hydrogen-bond donors (Lipinski definition) is 0. The summed E-state index contributed by atoms with van der Waals surface area (Å²) in [6.07, 6.45) is -0.473. The third-order valence-corrected chi connectivity index (χ3v) is 4.71. The lowest BCUT2D eigenvalue weighted by Gasteiger charge is -2.18. The van der Waals surface area contributed by atoms with E-state index in [0.29, 0.717) is 28.5 Å². The summed E-state index contributed by atoms with van der Waals surface area (Å²) in [5.74, 6) is 0.335. The van der Waals surface area contributed by atoms with Crippen LogP contribution in [0.25, 0.3) is 0 Å². The van der Waals surface area contributed by atoms with Crippen LogP contribution in [0.5, 0.6) is 11.5 Å². The van der Waals surface area contributed by atoms with E-state index in [-0.39, 0.29) is 0 Å². The van der Waals surface area contributed by atoms with Crippen LogP contribution in [0.3, 0.4) is 0 Å². The molecule has 0 heterocycles. The Morgan fingerprint density at radius 3 is 2.31 bits per heavy atom. The van der Waals surface area contributed by atoms with Crippen LogP contribution in [0.4, 0.5) is 0 Å². The second-order valence-corrected chi connectivity index (χ2v) is 6.88. The molecule has 0 aliphatic carbocycles. The number of halogens is 1. The fourth-order valence-corrected chi connectivity index (χ4v) is 3.09. The van der Waals surface area contributed by atoms with Crippen molar-refractivity contribution in [3.05, 3.63) is 95.0 Å². The fourth-order valence-electron chi connectivity index (χ4n) is 2.97. The van der Waals surface area contributed by atoms with Crippen molar-refractivity contribution >= 4 is 17.6 Å². The van der Waals surface area contributed by atoms with Crippen molar-refractivity contribution in [2.75, 3.05) is 0 Å². The highest BCUT2D eigenvalue weighted by Crippen LogP contribution is 2.29. The average molecular weight is 406 g/mol. The first-order chi connectivity index (χ1) is 14.1. The average Bonchev–Trinajstić information content (AvgIpc) is 2.75. The lowest BCUT2D eigenvalue weighted by atomic mass is 9.96. The largest absolute Gasteiger partial charge is 0.457 e. The Kier molecular flexibility index (Phi) is 6.89. The maximum absolute atomic E-state index is 12.7. The van der Waals surface area contributed by atoms with Crippen LogP contribution in [0.2, 0.25) is 5.02 Å². The topological polar surface area (TPSA) is 59.3 Å². The number of esters is 1. The summed E-state index contributed by atoms with van der Waals surface area (Å²) in [5, 5.41) is 10.2. The minimum Gasteiger partial charge on any atom is -0.457 e. The molecule has 3 aromatic rings. The molecule has 2 atom stereocenters. The number of benzene rings is 3. The van der Waals surface area contributed by atoms with Gasteiger partial charge < -0.3 is 9.47 Å². The van der Waals surface area contributed by atoms with Gasteiger partial charge in [-0.25, -0.2) is 0 Å². The minimum absolute atomic E-state index is 0.448. The lowest BCUT2D eigenvalue weighted by molar-refractivity contribution is -0.148. The molecule has 0 saturated heterocycles. The van der Waals surface area contributed by atoms with Gasteiger partial charge >= 0.3 is 5.97 Å². The van der Waals surface area contributed by atoms with Crippen LogP contribution in [0, 0.1) is 11.3 Å². The molecule has 5 heteroatoms. The standard InChI is InChI=1S/C24H20ClNO3/c1-2-22(17-11-13-19(25)14-12-17)24(27)29-23(16-26)18-7-6-10-21(15-18)28-20-8-4-3-5-9-20/h3-15,22-23H,2H2,1H3. The molecule has 3 aromatic carbocycles. The summed E-state index contributed by atoms with van der Waals surface area (Å²) in [5.41, 5.74) is 1.36. The van der Waals surface area contributed by atoms with E-state index in [9.17, 15) is 10.1 Å². The quantitative estimate of drug-likeness (QED) is 0.424. The molecular formula is C24H20ClNO3. The van der Waals surface area contributed by atoms with Gasteiger partial charge in [-0.05, 0) is 48.4 Å². The number of nitrogens with zero attached hydrogens (tertiary/aromatic N) is 1. The van der Waals surface area contributed by atoms with Crippen LogP contribution in [0.1, 0.15) is 36.5 Å². The molecule has 29 heavy (non-hydrogen) atoms. The number of ether oxygens (including phenoxy) is 2. The summed E-state index contributed by atoms with van der Waals surface area (Å²) in [6.45, 7) is 1.90. The Morgan fingerprint density at radius 1 is 0.966 bits per heavy atom. The first kappa shape index (κ1) is 20.4. The van der Waals surface area contributed by atoms with E-state index < -0.39 is 18.0 Å². The van der Waals surface area contributed by atoms with Crippen molar-refractivity contribution in [3.8, 4) is 17.6 Å². The van der Waals surface area contributed by atoms with Gasteiger partial charge in [-0.3, -0.25) is 4.79 Å². The Hall–Kier alpha value is -3.29. The van der Waals surface area contributed by atoms with Gasteiger partial charge in [0.15, 0.2) is 0 Å². The highest BCUT2D eigenvalue weighted by Gasteiger charge is 2.25. The van der Waals surface area contributed by atoms with E-state index >= 15 is 0 Å². The first-order valence-corrected chi connectivity index (χ1v) is 9.67. The number of carbonyl (C=O) groups is 1. The van der Waals surface area contributed by atoms with Gasteiger partial charge in [0.2, 0.25) is 6.10 Å². The highest BCUT2D eigenvalue weighted by atomic mass is 35.5. The summed E-state index contributed by atoms with van der Waals surface area (Å²) in [6, 6.07) is 25.5. The van der Waals surface area contributed by atoms with Crippen LogP contribution < -0.4 is 4.74 Å². The van der Waals surface area contributed by atoms with Crippen LogP contribution >= 0.6 is 11.6 Å². The predicted molar refractivity (Wildman–Crippen MR) is 112 cm³/mol. The molecule has 3 rings (SSSR count). The Labute approximate surface area is 175 Å². The maximum atomic E-state index is 12.7. The van der Waals surface area contributed by atoms with E-state index in [4.69, 9.17) is 21.1 Å². The maximum Gasteiger partial charge on any atom is 0.315 e.